The Hall–Kier alpha value is -0.810. The van der Waals surface area contributed by atoms with Crippen molar-refractivity contribution in [1.29, 1.82) is 0 Å². The van der Waals surface area contributed by atoms with Crippen molar-refractivity contribution in [1.82, 2.24) is 5.32 Å². The van der Waals surface area contributed by atoms with Crippen LogP contribution in [0.1, 0.15) is 38.5 Å². The molecule has 0 bridgehead atoms. The smallest absolute Gasteiger partial charge is 0.188 e. The maximum absolute atomic E-state index is 5.83. The highest BCUT2D eigenvalue weighted by Gasteiger charge is 2.14. The van der Waals surface area contributed by atoms with Crippen LogP contribution in [0, 0.1) is 0 Å². The molecule has 0 amide bonds. The van der Waals surface area contributed by atoms with Gasteiger partial charge in [-0.2, -0.15) is 0 Å². The second kappa shape index (κ2) is 10.1. The molecule has 18 heavy (non-hydrogen) atoms. The van der Waals surface area contributed by atoms with Gasteiger partial charge in [-0.1, -0.05) is 12.8 Å². The Balaban J connectivity index is 1.91. The van der Waals surface area contributed by atoms with Gasteiger partial charge in [0, 0.05) is 26.3 Å². The van der Waals surface area contributed by atoms with E-state index in [4.69, 9.17) is 15.2 Å². The van der Waals surface area contributed by atoms with Crippen LogP contribution in [0.25, 0.3) is 0 Å². The van der Waals surface area contributed by atoms with Crippen LogP contribution in [0.3, 0.4) is 0 Å². The molecular weight excluding hydrogens is 230 g/mol. The third-order valence-corrected chi connectivity index (χ3v) is 3.12. The molecule has 1 saturated carbocycles. The van der Waals surface area contributed by atoms with E-state index in [1.165, 1.54) is 25.7 Å². The Morgan fingerprint density at radius 1 is 1.22 bits per heavy atom. The van der Waals surface area contributed by atoms with E-state index >= 15 is 0 Å². The second-order valence-corrected chi connectivity index (χ2v) is 4.70. The Labute approximate surface area is 110 Å². The van der Waals surface area contributed by atoms with Crippen molar-refractivity contribution in [3.8, 4) is 0 Å². The quantitative estimate of drug-likeness (QED) is 0.371. The van der Waals surface area contributed by atoms with Gasteiger partial charge in [-0.05, 0) is 25.7 Å². The number of nitrogens with one attached hydrogen (secondary N) is 1. The average Bonchev–Trinajstić information content (AvgIpc) is 2.85. The SMILES string of the molecule is COCCOCCCCN=C(N)NC1CCCC1. The molecule has 0 spiro atoms. The number of hydrogen-bond acceptors (Lipinski definition) is 3. The Morgan fingerprint density at radius 3 is 2.72 bits per heavy atom. The fraction of sp³-hybridized carbons (Fsp3) is 0.923. The molecule has 1 aliphatic carbocycles. The molecule has 5 nitrogen and oxygen atoms in total. The molecule has 0 aromatic heterocycles. The zero-order valence-corrected chi connectivity index (χ0v) is 11.5. The molecule has 0 aliphatic heterocycles. The summed E-state index contributed by atoms with van der Waals surface area (Å²) in [5, 5.41) is 3.28. The second-order valence-electron chi connectivity index (χ2n) is 4.70. The summed E-state index contributed by atoms with van der Waals surface area (Å²) in [6, 6.07) is 0.547. The molecular formula is C13H27N3O2. The first kappa shape index (κ1) is 15.2. The van der Waals surface area contributed by atoms with Crippen molar-refractivity contribution in [2.45, 2.75) is 44.6 Å². The lowest BCUT2D eigenvalue weighted by Crippen LogP contribution is -2.38. The minimum Gasteiger partial charge on any atom is -0.382 e. The van der Waals surface area contributed by atoms with Gasteiger partial charge >= 0.3 is 0 Å². The van der Waals surface area contributed by atoms with Gasteiger partial charge in [0.05, 0.1) is 13.2 Å². The van der Waals surface area contributed by atoms with Gasteiger partial charge in [0.1, 0.15) is 0 Å². The maximum Gasteiger partial charge on any atom is 0.188 e. The molecule has 0 aromatic rings. The van der Waals surface area contributed by atoms with Gasteiger partial charge in [-0.15, -0.1) is 0 Å². The lowest BCUT2D eigenvalue weighted by Gasteiger charge is -2.12. The molecule has 5 heteroatoms. The van der Waals surface area contributed by atoms with E-state index in [2.05, 4.69) is 10.3 Å². The van der Waals surface area contributed by atoms with Crippen LogP contribution in [0.4, 0.5) is 0 Å². The number of methoxy groups -OCH3 is 1. The molecule has 0 aromatic carbocycles. The highest BCUT2D eigenvalue weighted by molar-refractivity contribution is 5.78. The topological polar surface area (TPSA) is 68.9 Å². The summed E-state index contributed by atoms with van der Waals surface area (Å²) in [5.41, 5.74) is 5.83. The zero-order chi connectivity index (χ0) is 13.1. The summed E-state index contributed by atoms with van der Waals surface area (Å²) >= 11 is 0. The van der Waals surface area contributed by atoms with Crippen molar-refractivity contribution in [3.05, 3.63) is 0 Å². The fourth-order valence-electron chi connectivity index (χ4n) is 2.08. The number of hydrogen-bond donors (Lipinski definition) is 2. The normalized spacial score (nSPS) is 17.3. The van der Waals surface area contributed by atoms with E-state index < -0.39 is 0 Å². The first-order valence-electron chi connectivity index (χ1n) is 6.96. The zero-order valence-electron chi connectivity index (χ0n) is 11.5. The number of guanidine groups is 1. The highest BCUT2D eigenvalue weighted by Crippen LogP contribution is 2.17. The molecule has 0 radical (unpaired) electrons. The predicted octanol–water partition coefficient (Wildman–Crippen LogP) is 1.28. The molecule has 0 unspecified atom stereocenters. The number of nitrogens with two attached hydrogens (primary N) is 1. The third kappa shape index (κ3) is 7.50. The Morgan fingerprint density at radius 2 is 2.00 bits per heavy atom. The van der Waals surface area contributed by atoms with Gasteiger partial charge in [0.25, 0.3) is 0 Å². The maximum atomic E-state index is 5.83. The predicted molar refractivity (Wildman–Crippen MR) is 73.8 cm³/mol. The average molecular weight is 257 g/mol. The molecule has 0 saturated heterocycles. The first-order valence-corrected chi connectivity index (χ1v) is 6.96. The summed E-state index contributed by atoms with van der Waals surface area (Å²) in [7, 11) is 1.68. The van der Waals surface area contributed by atoms with Crippen LogP contribution < -0.4 is 11.1 Å². The molecule has 1 fully saturated rings. The molecule has 0 atom stereocenters. The lowest BCUT2D eigenvalue weighted by atomic mass is 10.2. The van der Waals surface area contributed by atoms with Gasteiger partial charge in [0.2, 0.25) is 0 Å². The van der Waals surface area contributed by atoms with Crippen molar-refractivity contribution < 1.29 is 9.47 Å². The molecule has 1 rings (SSSR count). The van der Waals surface area contributed by atoms with Crippen LogP contribution in [-0.4, -0.2) is 45.5 Å². The number of unbranched alkanes of at least 4 members (excludes halogenated alkanes) is 1. The largest absolute Gasteiger partial charge is 0.382 e. The van der Waals surface area contributed by atoms with Crippen LogP contribution in [0.5, 0.6) is 0 Å². The van der Waals surface area contributed by atoms with E-state index in [9.17, 15) is 0 Å². The summed E-state index contributed by atoms with van der Waals surface area (Å²) < 4.78 is 10.3. The van der Waals surface area contributed by atoms with E-state index in [0.717, 1.165) is 26.0 Å². The van der Waals surface area contributed by atoms with E-state index in [1.807, 2.05) is 0 Å². The highest BCUT2D eigenvalue weighted by atomic mass is 16.5. The first-order chi connectivity index (χ1) is 8.83. The van der Waals surface area contributed by atoms with Crippen molar-refractivity contribution >= 4 is 5.96 Å². The van der Waals surface area contributed by atoms with Crippen molar-refractivity contribution in [2.24, 2.45) is 10.7 Å². The van der Waals surface area contributed by atoms with Gasteiger partial charge in [0.15, 0.2) is 5.96 Å². The summed E-state index contributed by atoms with van der Waals surface area (Å²) in [6.45, 7) is 2.88. The monoisotopic (exact) mass is 257 g/mol. The van der Waals surface area contributed by atoms with Gasteiger partial charge in [-0.3, -0.25) is 4.99 Å². The minimum absolute atomic E-state index is 0.547. The molecule has 1 aliphatic rings. The van der Waals surface area contributed by atoms with Crippen molar-refractivity contribution in [3.63, 3.8) is 0 Å². The van der Waals surface area contributed by atoms with Crippen LogP contribution in [0.2, 0.25) is 0 Å². The summed E-state index contributed by atoms with van der Waals surface area (Å²) in [4.78, 5) is 4.32. The molecule has 0 heterocycles. The fourth-order valence-corrected chi connectivity index (χ4v) is 2.08. The van der Waals surface area contributed by atoms with Gasteiger partial charge in [-0.25, -0.2) is 0 Å². The number of nitrogens with zero attached hydrogens (tertiary/aromatic N) is 1. The number of aliphatic imine (C=N–C) groups is 1. The van der Waals surface area contributed by atoms with E-state index in [0.29, 0.717) is 25.2 Å². The van der Waals surface area contributed by atoms with E-state index in [1.54, 1.807) is 7.11 Å². The Kier molecular flexibility index (Phi) is 8.59. The Bertz CT molecular complexity index is 228. The number of rotatable bonds is 9. The van der Waals surface area contributed by atoms with Crippen LogP contribution in [0.15, 0.2) is 4.99 Å². The molecule has 106 valence electrons. The van der Waals surface area contributed by atoms with Crippen molar-refractivity contribution in [2.75, 3.05) is 33.5 Å². The lowest BCUT2D eigenvalue weighted by molar-refractivity contribution is 0.0690. The summed E-state index contributed by atoms with van der Waals surface area (Å²) in [6.07, 6.45) is 7.10. The molecule has 3 N–H and O–H groups in total. The van der Waals surface area contributed by atoms with Crippen LogP contribution >= 0.6 is 0 Å². The van der Waals surface area contributed by atoms with Crippen LogP contribution in [-0.2, 0) is 9.47 Å². The number of ether oxygens (including phenoxy) is 2. The standard InChI is InChI=1S/C13H27N3O2/c1-17-10-11-18-9-5-4-8-15-13(14)16-12-6-2-3-7-12/h12H,2-11H2,1H3,(H3,14,15,16). The van der Waals surface area contributed by atoms with Gasteiger partial charge < -0.3 is 20.5 Å². The third-order valence-electron chi connectivity index (χ3n) is 3.12. The van der Waals surface area contributed by atoms with E-state index in [-0.39, 0.29) is 0 Å². The minimum atomic E-state index is 0.547. The summed E-state index contributed by atoms with van der Waals surface area (Å²) in [5.74, 6) is 0.599.